The fourth-order valence-corrected chi connectivity index (χ4v) is 1.20. The molecule has 0 spiro atoms. The zero-order valence-electron chi connectivity index (χ0n) is 7.01. The van der Waals surface area contributed by atoms with Crippen molar-refractivity contribution in [3.05, 3.63) is 49.1 Å². The summed E-state index contributed by atoms with van der Waals surface area (Å²) in [5.41, 5.74) is 1.19. The van der Waals surface area contributed by atoms with Gasteiger partial charge >= 0.3 is 0 Å². The number of rotatable bonds is 1. The zero-order chi connectivity index (χ0) is 8.39. The molecule has 12 heavy (non-hydrogen) atoms. The highest BCUT2D eigenvalue weighted by Gasteiger charge is 2.00. The standard InChI is InChI=1S/C10H11N2/c1-11-7-8-12(9-11)10-5-3-2-4-6-10/h2-9H,1H3/q+1. The van der Waals surface area contributed by atoms with Gasteiger partial charge in [-0.1, -0.05) is 18.2 Å². The second-order valence-corrected chi connectivity index (χ2v) is 2.82. The smallest absolute Gasteiger partial charge is 0.239 e. The number of aromatic nitrogens is 2. The molecule has 0 saturated carbocycles. The molecule has 2 heteroatoms. The molecule has 0 saturated heterocycles. The van der Waals surface area contributed by atoms with Gasteiger partial charge in [0.2, 0.25) is 6.33 Å². The van der Waals surface area contributed by atoms with Crippen LogP contribution in [0.25, 0.3) is 5.69 Å². The molecule has 0 N–H and O–H groups in total. The highest BCUT2D eigenvalue weighted by molar-refractivity contribution is 5.30. The molecule has 0 aliphatic carbocycles. The van der Waals surface area contributed by atoms with Crippen LogP contribution in [0.1, 0.15) is 0 Å². The number of hydrogen-bond acceptors (Lipinski definition) is 0. The third-order valence-corrected chi connectivity index (χ3v) is 1.82. The van der Waals surface area contributed by atoms with Crippen molar-refractivity contribution in [1.82, 2.24) is 4.57 Å². The van der Waals surface area contributed by atoms with Crippen molar-refractivity contribution in [1.29, 1.82) is 0 Å². The molecule has 0 amide bonds. The summed E-state index contributed by atoms with van der Waals surface area (Å²) in [6.45, 7) is 0. The van der Waals surface area contributed by atoms with Gasteiger partial charge in [-0.3, -0.25) is 0 Å². The lowest BCUT2D eigenvalue weighted by atomic mass is 10.3. The molecule has 0 bridgehead atoms. The molecule has 0 fully saturated rings. The molecule has 0 unspecified atom stereocenters. The highest BCUT2D eigenvalue weighted by Crippen LogP contribution is 2.03. The number of benzene rings is 1. The number of hydrogen-bond donors (Lipinski definition) is 0. The fraction of sp³-hybridized carbons (Fsp3) is 0.100. The van der Waals surface area contributed by atoms with Gasteiger partial charge in [0, 0.05) is 0 Å². The molecule has 1 heterocycles. The van der Waals surface area contributed by atoms with Crippen LogP contribution < -0.4 is 4.57 Å². The maximum Gasteiger partial charge on any atom is 0.248 e. The van der Waals surface area contributed by atoms with Crippen molar-refractivity contribution in [2.24, 2.45) is 7.05 Å². The van der Waals surface area contributed by atoms with E-state index in [1.165, 1.54) is 5.69 Å². The van der Waals surface area contributed by atoms with E-state index in [1.54, 1.807) is 0 Å². The molecule has 0 radical (unpaired) electrons. The molecule has 2 aromatic rings. The van der Waals surface area contributed by atoms with Crippen molar-refractivity contribution in [2.45, 2.75) is 0 Å². The molecule has 0 aliphatic heterocycles. The Hall–Kier alpha value is -1.57. The Morgan fingerprint density at radius 3 is 2.50 bits per heavy atom. The fourth-order valence-electron chi connectivity index (χ4n) is 1.20. The molecule has 2 nitrogen and oxygen atoms in total. The van der Waals surface area contributed by atoms with Crippen LogP contribution in [0.4, 0.5) is 0 Å². The summed E-state index contributed by atoms with van der Waals surface area (Å²) in [7, 11) is 2.01. The lowest BCUT2D eigenvalue weighted by molar-refractivity contribution is -0.670. The summed E-state index contributed by atoms with van der Waals surface area (Å²) >= 11 is 0. The first kappa shape index (κ1) is 7.10. The van der Waals surface area contributed by atoms with E-state index in [1.807, 2.05) is 48.5 Å². The molecule has 1 aromatic heterocycles. The predicted octanol–water partition coefficient (Wildman–Crippen LogP) is 1.30. The average molecular weight is 159 g/mol. The second-order valence-electron chi connectivity index (χ2n) is 2.82. The van der Waals surface area contributed by atoms with Crippen LogP contribution in [0.5, 0.6) is 0 Å². The zero-order valence-corrected chi connectivity index (χ0v) is 7.01. The first-order valence-electron chi connectivity index (χ1n) is 3.95. The number of para-hydroxylation sites is 1. The van der Waals surface area contributed by atoms with Gasteiger partial charge in [0.15, 0.2) is 0 Å². The Morgan fingerprint density at radius 1 is 1.17 bits per heavy atom. The highest BCUT2D eigenvalue weighted by atomic mass is 15.1. The molecule has 2 rings (SSSR count). The van der Waals surface area contributed by atoms with E-state index in [-0.39, 0.29) is 0 Å². The van der Waals surface area contributed by atoms with Crippen molar-refractivity contribution >= 4 is 0 Å². The normalized spacial score (nSPS) is 10.1. The number of nitrogens with zero attached hydrogens (tertiary/aromatic N) is 2. The first-order chi connectivity index (χ1) is 5.86. The van der Waals surface area contributed by atoms with E-state index in [0.717, 1.165) is 0 Å². The Kier molecular flexibility index (Phi) is 1.67. The van der Waals surface area contributed by atoms with Crippen LogP contribution in [0.15, 0.2) is 49.1 Å². The summed E-state index contributed by atoms with van der Waals surface area (Å²) in [6, 6.07) is 10.3. The van der Waals surface area contributed by atoms with Gasteiger partial charge in [-0.05, 0) is 12.1 Å². The van der Waals surface area contributed by atoms with Crippen LogP contribution in [0.3, 0.4) is 0 Å². The molecular weight excluding hydrogens is 148 g/mol. The predicted molar refractivity (Wildman–Crippen MR) is 46.9 cm³/mol. The Balaban J connectivity index is 2.45. The third-order valence-electron chi connectivity index (χ3n) is 1.82. The van der Waals surface area contributed by atoms with Crippen molar-refractivity contribution in [3.8, 4) is 5.69 Å². The van der Waals surface area contributed by atoms with Crippen LogP contribution in [0, 0.1) is 0 Å². The van der Waals surface area contributed by atoms with Gasteiger partial charge < -0.3 is 0 Å². The van der Waals surface area contributed by atoms with Crippen LogP contribution in [-0.4, -0.2) is 4.57 Å². The SMILES string of the molecule is C[n+]1ccn(-c2ccccc2)c1. The lowest BCUT2D eigenvalue weighted by Gasteiger charge is -1.91. The van der Waals surface area contributed by atoms with Crippen molar-refractivity contribution in [2.75, 3.05) is 0 Å². The van der Waals surface area contributed by atoms with Gasteiger partial charge in [0.1, 0.15) is 18.1 Å². The summed E-state index contributed by atoms with van der Waals surface area (Å²) < 4.78 is 4.10. The lowest BCUT2D eigenvalue weighted by Crippen LogP contribution is -2.23. The van der Waals surface area contributed by atoms with E-state index in [4.69, 9.17) is 0 Å². The van der Waals surface area contributed by atoms with E-state index in [0.29, 0.717) is 0 Å². The quantitative estimate of drug-likeness (QED) is 0.555. The maximum absolute atomic E-state index is 2.08. The van der Waals surface area contributed by atoms with Gasteiger partial charge in [-0.15, -0.1) is 0 Å². The van der Waals surface area contributed by atoms with Crippen molar-refractivity contribution < 1.29 is 4.57 Å². The Morgan fingerprint density at radius 2 is 1.92 bits per heavy atom. The molecule has 1 aromatic carbocycles. The van der Waals surface area contributed by atoms with E-state index >= 15 is 0 Å². The summed E-state index contributed by atoms with van der Waals surface area (Å²) in [6.07, 6.45) is 6.09. The van der Waals surface area contributed by atoms with Gasteiger partial charge in [-0.2, -0.15) is 0 Å². The van der Waals surface area contributed by atoms with Gasteiger partial charge in [-0.25, -0.2) is 9.13 Å². The van der Waals surface area contributed by atoms with Crippen LogP contribution in [-0.2, 0) is 7.05 Å². The second kappa shape index (κ2) is 2.81. The number of aryl methyl sites for hydroxylation is 1. The topological polar surface area (TPSA) is 8.81 Å². The van der Waals surface area contributed by atoms with E-state index < -0.39 is 0 Å². The maximum atomic E-state index is 2.08. The third kappa shape index (κ3) is 1.23. The Bertz CT molecular complexity index is 362. The minimum atomic E-state index is 1.19. The van der Waals surface area contributed by atoms with E-state index in [9.17, 15) is 0 Å². The van der Waals surface area contributed by atoms with Gasteiger partial charge in [0.25, 0.3) is 0 Å². The summed E-state index contributed by atoms with van der Waals surface area (Å²) in [4.78, 5) is 0. The largest absolute Gasteiger partial charge is 0.248 e. The average Bonchev–Trinajstić information content (AvgIpc) is 2.54. The number of imidazole rings is 1. The molecule has 0 aliphatic rings. The summed E-state index contributed by atoms with van der Waals surface area (Å²) in [5, 5.41) is 0. The molecular formula is C10H11N2+. The van der Waals surface area contributed by atoms with Crippen LogP contribution in [0.2, 0.25) is 0 Å². The summed E-state index contributed by atoms with van der Waals surface area (Å²) in [5.74, 6) is 0. The van der Waals surface area contributed by atoms with Crippen LogP contribution >= 0.6 is 0 Å². The monoisotopic (exact) mass is 159 g/mol. The first-order valence-corrected chi connectivity index (χ1v) is 3.95. The minimum Gasteiger partial charge on any atom is -0.239 e. The van der Waals surface area contributed by atoms with Crippen molar-refractivity contribution in [3.63, 3.8) is 0 Å². The molecule has 60 valence electrons. The Labute approximate surface area is 71.7 Å². The molecule has 0 atom stereocenters. The van der Waals surface area contributed by atoms with E-state index in [2.05, 4.69) is 16.7 Å². The van der Waals surface area contributed by atoms with Gasteiger partial charge in [0.05, 0.1) is 7.05 Å². The minimum absolute atomic E-state index is 1.19.